The monoisotopic (exact) mass is 275 g/mol. The normalized spacial score (nSPS) is 0.429. The van der Waals surface area contributed by atoms with Gasteiger partial charge in [0.25, 0.3) is 0 Å². The average molecular weight is 276 g/mol. The van der Waals surface area contributed by atoms with Gasteiger partial charge in [-0.1, -0.05) is 0 Å². The Morgan fingerprint density at radius 3 is 0.714 bits per heavy atom. The zero-order chi connectivity index (χ0) is 2.00. The van der Waals surface area contributed by atoms with E-state index in [1.165, 1.54) is 0 Å². The Hall–Kier alpha value is 1.51. The molecule has 0 atom stereocenters. The number of rotatable bonds is 0. The molecule has 7 heteroatoms. The average Bonchev–Trinajstić information content (AvgIpc) is 1.00. The van der Waals surface area contributed by atoms with Gasteiger partial charge in [0.2, 0.25) is 0 Å². The van der Waals surface area contributed by atoms with Crippen LogP contribution >= 0.6 is 0 Å². The molecule has 0 aromatic heterocycles. The van der Waals surface area contributed by atoms with Crippen LogP contribution < -0.4 is 0 Å². The van der Waals surface area contributed by atoms with E-state index >= 15 is 0 Å². The van der Waals surface area contributed by atoms with Crippen LogP contribution in [-0.2, 0) is 60.2 Å². The van der Waals surface area contributed by atoms with Crippen LogP contribution in [0.5, 0.6) is 0 Å². The molecule has 1 nitrogen and oxygen atoms in total. The summed E-state index contributed by atoms with van der Waals surface area (Å²) in [5, 5.41) is 0. The molecular formula is H4F4OYZr. The van der Waals surface area contributed by atoms with Crippen molar-refractivity contribution in [1.82, 2.24) is 0 Å². The Bertz CT molecular complexity index is 11.7. The number of hydrogen-bond donors (Lipinski definition) is 0. The summed E-state index contributed by atoms with van der Waals surface area (Å²) in [6.07, 6.45) is 0. The Kier molecular flexibility index (Phi) is 1530. The fourth-order valence-corrected chi connectivity index (χ4v) is 0. The third kappa shape index (κ3) is 100. The van der Waals surface area contributed by atoms with Crippen molar-refractivity contribution in [3.05, 3.63) is 0 Å². The van der Waals surface area contributed by atoms with Crippen LogP contribution in [0.3, 0.4) is 0 Å². The van der Waals surface area contributed by atoms with Gasteiger partial charge in [0, 0.05) is 32.7 Å². The summed E-state index contributed by atoms with van der Waals surface area (Å²) in [5.41, 5.74) is 0. The first-order chi connectivity index (χ1) is 1.00. The van der Waals surface area contributed by atoms with Crippen LogP contribution in [0.25, 0.3) is 0 Å². The van der Waals surface area contributed by atoms with E-state index in [-0.39, 0.29) is 51.5 Å². The first-order valence-electron chi connectivity index (χ1n) is 0.204. The molecule has 0 unspecified atom stereocenters. The molecule has 0 bridgehead atoms. The van der Waals surface area contributed by atoms with Crippen molar-refractivity contribution < 1.29 is 79.1 Å². The van der Waals surface area contributed by atoms with Crippen molar-refractivity contribution >= 4 is 0 Å². The van der Waals surface area contributed by atoms with Crippen LogP contribution in [0.4, 0.5) is 18.8 Å². The summed E-state index contributed by atoms with van der Waals surface area (Å²) in [7, 11) is 0. The molecule has 0 heterocycles. The Labute approximate surface area is 78.3 Å². The summed E-state index contributed by atoms with van der Waals surface area (Å²) in [6.45, 7) is 0. The van der Waals surface area contributed by atoms with E-state index in [0.717, 1.165) is 0 Å². The third-order valence-corrected chi connectivity index (χ3v) is 0. The van der Waals surface area contributed by atoms with Crippen molar-refractivity contribution in [3.8, 4) is 0 Å². The summed E-state index contributed by atoms with van der Waals surface area (Å²) >= 11 is 0.300. The zero-order valence-electron chi connectivity index (χ0n) is 3.12. The molecule has 0 aromatic carbocycles. The molecule has 45 valence electrons. The minimum absolute atomic E-state index is 0. The smallest absolute Gasteiger partial charge is 0 e. The van der Waals surface area contributed by atoms with E-state index < -0.39 is 0 Å². The van der Waals surface area contributed by atoms with E-state index in [1.54, 1.807) is 0 Å². The third-order valence-electron chi connectivity index (χ3n) is 0. The molecule has 0 fully saturated rings. The predicted molar refractivity (Wildman–Crippen MR) is 10.7 cm³/mol. The molecule has 0 aromatic rings. The standard InChI is InChI=1S/4FH.O.Y.Zr/h4*1H;;;. The molecule has 0 saturated heterocycles. The SMILES string of the molecule is F.F.F.F.[O]=[Zr].[Y]. The Morgan fingerprint density at radius 2 is 0.714 bits per heavy atom. The molecule has 0 N–H and O–H groups in total. The van der Waals surface area contributed by atoms with Gasteiger partial charge in [0.1, 0.15) is 0 Å². The molecule has 7 heavy (non-hydrogen) atoms. The van der Waals surface area contributed by atoms with Crippen LogP contribution in [0.15, 0.2) is 0 Å². The van der Waals surface area contributed by atoms with E-state index in [1.807, 2.05) is 0 Å². The van der Waals surface area contributed by atoms with Crippen molar-refractivity contribution in [3.63, 3.8) is 0 Å². The number of halogens is 4. The maximum atomic E-state index is 8.34. The summed E-state index contributed by atoms with van der Waals surface area (Å²) in [6, 6.07) is 0. The van der Waals surface area contributed by atoms with Gasteiger partial charge in [-0.3, -0.25) is 18.8 Å². The first kappa shape index (κ1) is 76.3. The fourth-order valence-electron chi connectivity index (χ4n) is 0. The van der Waals surface area contributed by atoms with E-state index in [2.05, 4.69) is 0 Å². The fraction of sp³-hybridized carbons (Fsp3) is 0. The van der Waals surface area contributed by atoms with Gasteiger partial charge in [-0.15, -0.1) is 0 Å². The molecular weight excluding hydrogens is 272 g/mol. The van der Waals surface area contributed by atoms with E-state index in [4.69, 9.17) is 2.81 Å². The van der Waals surface area contributed by atoms with Gasteiger partial charge in [0.15, 0.2) is 0 Å². The van der Waals surface area contributed by atoms with Gasteiger partial charge in [0.05, 0.1) is 0 Å². The quantitative estimate of drug-likeness (QED) is 0.588. The zero-order valence-corrected chi connectivity index (χ0v) is 8.41. The van der Waals surface area contributed by atoms with Crippen molar-refractivity contribution in [1.29, 1.82) is 0 Å². The number of hydrogen-bond acceptors (Lipinski definition) is 1. The van der Waals surface area contributed by atoms with Gasteiger partial charge in [-0.2, -0.15) is 0 Å². The second kappa shape index (κ2) is 140. The van der Waals surface area contributed by atoms with Crippen LogP contribution in [0.1, 0.15) is 0 Å². The van der Waals surface area contributed by atoms with Crippen molar-refractivity contribution in [2.75, 3.05) is 0 Å². The summed E-state index contributed by atoms with van der Waals surface area (Å²) < 4.78 is 8.34. The van der Waals surface area contributed by atoms with Crippen molar-refractivity contribution in [2.24, 2.45) is 0 Å². The molecule has 0 aliphatic heterocycles. The van der Waals surface area contributed by atoms with Crippen LogP contribution in [0, 0.1) is 0 Å². The Morgan fingerprint density at radius 1 is 0.714 bits per heavy atom. The van der Waals surface area contributed by atoms with E-state index in [9.17, 15) is 0 Å². The molecule has 0 aliphatic rings. The largest absolute Gasteiger partial charge is 0 e. The van der Waals surface area contributed by atoms with Gasteiger partial charge < -0.3 is 0 Å². The molecule has 0 spiro atoms. The summed E-state index contributed by atoms with van der Waals surface area (Å²) in [4.78, 5) is 0. The second-order valence-electron chi connectivity index (χ2n) is 0. The maximum Gasteiger partial charge on any atom is 0 e. The molecule has 0 rings (SSSR count). The van der Waals surface area contributed by atoms with Gasteiger partial charge >= 0.3 is 27.5 Å². The van der Waals surface area contributed by atoms with E-state index in [0.29, 0.717) is 24.7 Å². The Balaban J connectivity index is -0.000000000500. The van der Waals surface area contributed by atoms with Crippen LogP contribution in [-0.4, -0.2) is 0 Å². The van der Waals surface area contributed by atoms with Crippen molar-refractivity contribution in [2.45, 2.75) is 0 Å². The topological polar surface area (TPSA) is 17.1 Å². The van der Waals surface area contributed by atoms with Gasteiger partial charge in [-0.05, 0) is 0 Å². The predicted octanol–water partition coefficient (Wildman–Crippen LogP) is 0.486. The van der Waals surface area contributed by atoms with Crippen LogP contribution in [0.2, 0.25) is 0 Å². The summed E-state index contributed by atoms with van der Waals surface area (Å²) in [5.74, 6) is 0. The molecule has 0 amide bonds. The van der Waals surface area contributed by atoms with Gasteiger partial charge in [-0.25, -0.2) is 0 Å². The molecule has 1 radical (unpaired) electrons. The first-order valence-corrected chi connectivity index (χ1v) is 1.21. The molecule has 0 aliphatic carbocycles. The molecule has 0 saturated carbocycles. The minimum atomic E-state index is 0. The maximum absolute atomic E-state index is 8.34. The second-order valence-corrected chi connectivity index (χ2v) is 0. The minimum Gasteiger partial charge on any atom is 0 e.